The van der Waals surface area contributed by atoms with Gasteiger partial charge in [0.15, 0.2) is 5.03 Å². The average molecular weight is 280 g/mol. The summed E-state index contributed by atoms with van der Waals surface area (Å²) in [7, 11) is 3.36. The Hall–Kier alpha value is -2.16. The van der Waals surface area contributed by atoms with E-state index in [2.05, 4.69) is 20.4 Å². The zero-order valence-corrected chi connectivity index (χ0v) is 11.4. The van der Waals surface area contributed by atoms with Crippen molar-refractivity contribution in [3.8, 4) is 0 Å². The van der Waals surface area contributed by atoms with Gasteiger partial charge >= 0.3 is 5.69 Å². The molecule has 2 rings (SSSR count). The fourth-order valence-corrected chi connectivity index (χ4v) is 2.53. The highest BCUT2D eigenvalue weighted by atomic mass is 32.2. The average Bonchev–Trinajstić information content (AvgIpc) is 2.67. The number of hydrogen-bond acceptors (Lipinski definition) is 7. The molecule has 2 aromatic heterocycles. The third kappa shape index (κ3) is 2.65. The Bertz CT molecular complexity index is 626. The van der Waals surface area contributed by atoms with Crippen LogP contribution in [0.2, 0.25) is 0 Å². The van der Waals surface area contributed by atoms with E-state index in [9.17, 15) is 10.1 Å². The number of aryl methyl sites for hydroxylation is 2. The molecule has 0 aliphatic carbocycles. The maximum absolute atomic E-state index is 11.1. The van der Waals surface area contributed by atoms with E-state index in [1.165, 1.54) is 18.1 Å². The van der Waals surface area contributed by atoms with Crippen molar-refractivity contribution in [1.82, 2.24) is 19.7 Å². The van der Waals surface area contributed by atoms with Crippen molar-refractivity contribution in [2.75, 3.05) is 12.4 Å². The van der Waals surface area contributed by atoms with Gasteiger partial charge in [0, 0.05) is 14.1 Å². The highest BCUT2D eigenvalue weighted by Crippen LogP contribution is 2.36. The fraction of sp³-hybridized carbons (Fsp3) is 0.300. The van der Waals surface area contributed by atoms with Gasteiger partial charge in [0.25, 0.3) is 0 Å². The minimum Gasteiger partial charge on any atom is -0.367 e. The summed E-state index contributed by atoms with van der Waals surface area (Å²) in [4.78, 5) is 18.5. The molecule has 0 saturated carbocycles. The lowest BCUT2D eigenvalue weighted by Gasteiger charge is -2.05. The molecule has 0 fully saturated rings. The molecule has 0 aliphatic heterocycles. The molecular weight excluding hydrogens is 268 g/mol. The smallest absolute Gasteiger partial charge is 0.343 e. The molecule has 100 valence electrons. The molecule has 0 radical (unpaired) electrons. The Balaban J connectivity index is 2.45. The van der Waals surface area contributed by atoms with E-state index < -0.39 is 4.92 Å². The first-order valence-electron chi connectivity index (χ1n) is 5.38. The summed E-state index contributed by atoms with van der Waals surface area (Å²) in [6.45, 7) is 1.86. The molecule has 9 heteroatoms. The number of nitrogens with one attached hydrogen (secondary N) is 1. The Morgan fingerprint density at radius 3 is 2.74 bits per heavy atom. The standard InChI is InChI=1S/C10H12N6O2S/c1-6-4-7(15(3)14-6)19-10-8(16(17)18)9(11-2)12-5-13-10/h4-5H,1-3H3,(H,11,12,13). The molecule has 0 bridgehead atoms. The molecule has 0 unspecified atom stereocenters. The molecule has 0 amide bonds. The lowest BCUT2D eigenvalue weighted by molar-refractivity contribution is -0.387. The Labute approximate surface area is 113 Å². The summed E-state index contributed by atoms with van der Waals surface area (Å²) in [5, 5.41) is 19.1. The maximum Gasteiger partial charge on any atom is 0.343 e. The van der Waals surface area contributed by atoms with Crippen LogP contribution in [0.25, 0.3) is 0 Å². The summed E-state index contributed by atoms with van der Waals surface area (Å²) >= 11 is 1.19. The van der Waals surface area contributed by atoms with Crippen molar-refractivity contribution in [1.29, 1.82) is 0 Å². The number of hydrogen-bond donors (Lipinski definition) is 1. The van der Waals surface area contributed by atoms with Gasteiger partial charge in [-0.3, -0.25) is 14.8 Å². The van der Waals surface area contributed by atoms with Crippen LogP contribution in [0, 0.1) is 17.0 Å². The number of rotatable bonds is 4. The predicted octanol–water partition coefficient (Wildman–Crippen LogP) is 1.62. The molecule has 8 nitrogen and oxygen atoms in total. The van der Waals surface area contributed by atoms with Crippen LogP contribution in [0.3, 0.4) is 0 Å². The normalized spacial score (nSPS) is 10.5. The van der Waals surface area contributed by atoms with Crippen LogP contribution < -0.4 is 5.32 Å². The number of aromatic nitrogens is 4. The highest BCUT2D eigenvalue weighted by molar-refractivity contribution is 7.99. The Morgan fingerprint density at radius 1 is 1.47 bits per heavy atom. The van der Waals surface area contributed by atoms with Gasteiger partial charge < -0.3 is 5.32 Å². The molecule has 2 heterocycles. The fourth-order valence-electron chi connectivity index (χ4n) is 1.57. The number of anilines is 1. The molecule has 0 aliphatic rings. The molecule has 0 atom stereocenters. The lowest BCUT2D eigenvalue weighted by atomic mass is 10.5. The van der Waals surface area contributed by atoms with Gasteiger partial charge in [-0.25, -0.2) is 9.97 Å². The number of nitrogens with zero attached hydrogens (tertiary/aromatic N) is 5. The molecular formula is C10H12N6O2S. The van der Waals surface area contributed by atoms with E-state index in [-0.39, 0.29) is 16.5 Å². The highest BCUT2D eigenvalue weighted by Gasteiger charge is 2.23. The van der Waals surface area contributed by atoms with Crippen LogP contribution in [0.15, 0.2) is 22.4 Å². The minimum absolute atomic E-state index is 0.131. The summed E-state index contributed by atoms with van der Waals surface area (Å²) < 4.78 is 1.66. The van der Waals surface area contributed by atoms with E-state index in [4.69, 9.17) is 0 Å². The van der Waals surface area contributed by atoms with Crippen molar-refractivity contribution in [3.05, 3.63) is 28.2 Å². The Kier molecular flexibility index (Phi) is 3.65. The topological polar surface area (TPSA) is 98.8 Å². The second-order valence-electron chi connectivity index (χ2n) is 3.73. The second kappa shape index (κ2) is 5.22. The van der Waals surface area contributed by atoms with Crippen molar-refractivity contribution < 1.29 is 4.92 Å². The van der Waals surface area contributed by atoms with Gasteiger partial charge in [-0.2, -0.15) is 5.10 Å². The third-order valence-electron chi connectivity index (χ3n) is 2.37. The van der Waals surface area contributed by atoms with Crippen LogP contribution in [0.1, 0.15) is 5.69 Å². The van der Waals surface area contributed by atoms with Crippen molar-refractivity contribution in [2.45, 2.75) is 17.0 Å². The third-order valence-corrected chi connectivity index (χ3v) is 3.45. The molecule has 0 aromatic carbocycles. The van der Waals surface area contributed by atoms with E-state index in [0.717, 1.165) is 10.7 Å². The minimum atomic E-state index is -0.489. The first-order valence-corrected chi connectivity index (χ1v) is 6.20. The van der Waals surface area contributed by atoms with Gasteiger partial charge in [-0.15, -0.1) is 0 Å². The molecule has 19 heavy (non-hydrogen) atoms. The SMILES string of the molecule is CNc1ncnc(Sc2cc(C)nn2C)c1[N+](=O)[O-]. The lowest BCUT2D eigenvalue weighted by Crippen LogP contribution is -2.03. The van der Waals surface area contributed by atoms with Crippen molar-refractivity contribution in [2.24, 2.45) is 7.05 Å². The molecule has 2 aromatic rings. The molecule has 0 spiro atoms. The van der Waals surface area contributed by atoms with Crippen LogP contribution in [0.5, 0.6) is 0 Å². The van der Waals surface area contributed by atoms with Gasteiger partial charge in [-0.1, -0.05) is 0 Å². The zero-order chi connectivity index (χ0) is 14.0. The van der Waals surface area contributed by atoms with E-state index in [0.29, 0.717) is 0 Å². The van der Waals surface area contributed by atoms with Gasteiger partial charge in [0.2, 0.25) is 5.82 Å². The second-order valence-corrected chi connectivity index (χ2v) is 4.74. The largest absolute Gasteiger partial charge is 0.367 e. The van der Waals surface area contributed by atoms with Crippen LogP contribution >= 0.6 is 11.8 Å². The van der Waals surface area contributed by atoms with Crippen molar-refractivity contribution in [3.63, 3.8) is 0 Å². The quantitative estimate of drug-likeness (QED) is 0.516. The first-order chi connectivity index (χ1) is 9.02. The summed E-state index contributed by atoms with van der Waals surface area (Å²) in [5.41, 5.74) is 0.712. The van der Waals surface area contributed by atoms with Gasteiger partial charge in [0.1, 0.15) is 11.4 Å². The van der Waals surface area contributed by atoms with E-state index in [1.54, 1.807) is 18.8 Å². The maximum atomic E-state index is 11.1. The predicted molar refractivity (Wildman–Crippen MR) is 70.3 cm³/mol. The summed E-state index contributed by atoms with van der Waals surface area (Å²) in [6, 6.07) is 1.84. The van der Waals surface area contributed by atoms with E-state index in [1.807, 2.05) is 13.0 Å². The first kappa shape index (κ1) is 13.3. The summed E-state index contributed by atoms with van der Waals surface area (Å²) in [5.74, 6) is 0.196. The molecule has 0 saturated heterocycles. The summed E-state index contributed by atoms with van der Waals surface area (Å²) in [6.07, 6.45) is 1.30. The van der Waals surface area contributed by atoms with Gasteiger partial charge in [-0.05, 0) is 24.8 Å². The monoisotopic (exact) mass is 280 g/mol. The Morgan fingerprint density at radius 2 is 2.21 bits per heavy atom. The zero-order valence-electron chi connectivity index (χ0n) is 10.6. The van der Waals surface area contributed by atoms with Gasteiger partial charge in [0.05, 0.1) is 10.6 Å². The van der Waals surface area contributed by atoms with E-state index >= 15 is 0 Å². The van der Waals surface area contributed by atoms with Crippen molar-refractivity contribution >= 4 is 23.3 Å². The van der Waals surface area contributed by atoms with Crippen LogP contribution in [-0.2, 0) is 7.05 Å². The number of nitro groups is 1. The molecule has 1 N–H and O–H groups in total. The van der Waals surface area contributed by atoms with Crippen LogP contribution in [0.4, 0.5) is 11.5 Å². The van der Waals surface area contributed by atoms with Crippen LogP contribution in [-0.4, -0.2) is 31.7 Å².